The zero-order valence-corrected chi connectivity index (χ0v) is 15.4. The van der Waals surface area contributed by atoms with Crippen LogP contribution in [0.4, 0.5) is 10.5 Å². The van der Waals surface area contributed by atoms with Gasteiger partial charge in [0, 0.05) is 31.4 Å². The van der Waals surface area contributed by atoms with Gasteiger partial charge in [0.15, 0.2) is 11.5 Å². The number of ether oxygens (including phenoxy) is 2. The van der Waals surface area contributed by atoms with Crippen molar-refractivity contribution in [2.75, 3.05) is 64.9 Å². The molecule has 1 aromatic rings. The Kier molecular flexibility index (Phi) is 5.82. The predicted molar refractivity (Wildman–Crippen MR) is 97.9 cm³/mol. The molecule has 3 amide bonds. The van der Waals surface area contributed by atoms with Crippen LogP contribution < -0.4 is 19.7 Å². The van der Waals surface area contributed by atoms with Gasteiger partial charge in [-0.25, -0.2) is 4.79 Å². The Morgan fingerprint density at radius 3 is 2.73 bits per heavy atom. The maximum Gasteiger partial charge on any atom is 0.325 e. The SMILES string of the molecule is CN(C)CCCNC(=O)CN1CCN(c2ccc3c(c2)OCCO3)C1=O. The first-order valence-corrected chi connectivity index (χ1v) is 8.92. The van der Waals surface area contributed by atoms with Crippen molar-refractivity contribution in [2.24, 2.45) is 0 Å². The standard InChI is InChI=1S/C18H26N4O4/c1-20(2)7-3-6-19-17(23)13-21-8-9-22(18(21)24)14-4-5-15-16(12-14)26-11-10-25-15/h4-5,12H,3,6-11,13H2,1-2H3,(H,19,23). The first-order valence-electron chi connectivity index (χ1n) is 8.92. The number of carbonyl (C=O) groups is 2. The third-order valence-corrected chi connectivity index (χ3v) is 4.37. The van der Waals surface area contributed by atoms with Crippen LogP contribution in [0.15, 0.2) is 18.2 Å². The second-order valence-corrected chi connectivity index (χ2v) is 6.69. The Hall–Kier alpha value is -2.48. The second-order valence-electron chi connectivity index (χ2n) is 6.69. The third kappa shape index (κ3) is 4.37. The Morgan fingerprint density at radius 2 is 1.96 bits per heavy atom. The highest BCUT2D eigenvalue weighted by Gasteiger charge is 2.31. The third-order valence-electron chi connectivity index (χ3n) is 4.37. The van der Waals surface area contributed by atoms with Crippen molar-refractivity contribution in [3.8, 4) is 11.5 Å². The van der Waals surface area contributed by atoms with Gasteiger partial charge in [-0.15, -0.1) is 0 Å². The lowest BCUT2D eigenvalue weighted by Crippen LogP contribution is -2.40. The Labute approximate surface area is 153 Å². The maximum absolute atomic E-state index is 12.6. The normalized spacial score (nSPS) is 16.3. The van der Waals surface area contributed by atoms with Gasteiger partial charge in [0.05, 0.1) is 0 Å². The number of hydrogen-bond donors (Lipinski definition) is 1. The molecule has 8 heteroatoms. The number of rotatable bonds is 7. The number of benzene rings is 1. The first kappa shape index (κ1) is 18.3. The van der Waals surface area contributed by atoms with Gasteiger partial charge in [0.25, 0.3) is 0 Å². The molecule has 0 atom stereocenters. The molecule has 0 bridgehead atoms. The molecular formula is C18H26N4O4. The number of hydrogen-bond acceptors (Lipinski definition) is 5. The summed E-state index contributed by atoms with van der Waals surface area (Å²) in [5, 5.41) is 2.87. The number of urea groups is 1. The van der Waals surface area contributed by atoms with Crippen LogP contribution in [0.1, 0.15) is 6.42 Å². The molecule has 1 fully saturated rings. The van der Waals surface area contributed by atoms with Crippen LogP contribution in [0.2, 0.25) is 0 Å². The summed E-state index contributed by atoms with van der Waals surface area (Å²) in [6.07, 6.45) is 0.885. The molecule has 1 aromatic carbocycles. The minimum absolute atomic E-state index is 0.0852. The topological polar surface area (TPSA) is 74.4 Å². The van der Waals surface area contributed by atoms with Crippen molar-refractivity contribution in [1.29, 1.82) is 0 Å². The number of fused-ring (bicyclic) bond motifs is 1. The van der Waals surface area contributed by atoms with E-state index in [9.17, 15) is 9.59 Å². The predicted octanol–water partition coefficient (Wildman–Crippen LogP) is 0.768. The lowest BCUT2D eigenvalue weighted by molar-refractivity contribution is -0.121. The summed E-state index contributed by atoms with van der Waals surface area (Å²) in [6, 6.07) is 5.31. The van der Waals surface area contributed by atoms with Gasteiger partial charge in [0.1, 0.15) is 19.8 Å². The Morgan fingerprint density at radius 1 is 1.19 bits per heavy atom. The molecule has 2 heterocycles. The molecule has 0 radical (unpaired) electrons. The highest BCUT2D eigenvalue weighted by atomic mass is 16.6. The van der Waals surface area contributed by atoms with Gasteiger partial charge in [0.2, 0.25) is 5.91 Å². The van der Waals surface area contributed by atoms with Gasteiger partial charge in [-0.05, 0) is 39.2 Å². The molecular weight excluding hydrogens is 336 g/mol. The molecule has 0 spiro atoms. The molecule has 0 aliphatic carbocycles. The van der Waals surface area contributed by atoms with E-state index in [2.05, 4.69) is 10.2 Å². The van der Waals surface area contributed by atoms with E-state index in [1.807, 2.05) is 32.3 Å². The van der Waals surface area contributed by atoms with Crippen LogP contribution in [-0.2, 0) is 4.79 Å². The van der Waals surface area contributed by atoms with Crippen LogP contribution in [0.25, 0.3) is 0 Å². The van der Waals surface area contributed by atoms with E-state index in [0.29, 0.717) is 44.3 Å². The average molecular weight is 362 g/mol. The second kappa shape index (κ2) is 8.27. The van der Waals surface area contributed by atoms with Crippen LogP contribution in [0.5, 0.6) is 11.5 Å². The first-order chi connectivity index (χ1) is 12.5. The van der Waals surface area contributed by atoms with Crippen molar-refractivity contribution >= 4 is 17.6 Å². The molecule has 0 saturated carbocycles. The highest BCUT2D eigenvalue weighted by Crippen LogP contribution is 2.34. The largest absolute Gasteiger partial charge is 0.486 e. The molecule has 2 aliphatic rings. The number of nitrogens with one attached hydrogen (secondary N) is 1. The summed E-state index contributed by atoms with van der Waals surface area (Å²) in [5.74, 6) is 1.22. The summed E-state index contributed by atoms with van der Waals surface area (Å²) in [4.78, 5) is 30.0. The zero-order valence-electron chi connectivity index (χ0n) is 15.4. The Bertz CT molecular complexity index is 665. The van der Waals surface area contributed by atoms with Crippen molar-refractivity contribution < 1.29 is 19.1 Å². The summed E-state index contributed by atoms with van der Waals surface area (Å²) in [5.41, 5.74) is 0.758. The molecule has 0 unspecified atom stereocenters. The monoisotopic (exact) mass is 362 g/mol. The van der Waals surface area contributed by atoms with Crippen molar-refractivity contribution in [1.82, 2.24) is 15.1 Å². The van der Waals surface area contributed by atoms with Crippen LogP contribution >= 0.6 is 0 Å². The molecule has 8 nitrogen and oxygen atoms in total. The van der Waals surface area contributed by atoms with E-state index in [1.165, 1.54) is 0 Å². The number of anilines is 1. The van der Waals surface area contributed by atoms with E-state index in [-0.39, 0.29) is 18.5 Å². The van der Waals surface area contributed by atoms with Crippen molar-refractivity contribution in [2.45, 2.75) is 6.42 Å². The molecule has 3 rings (SSSR count). The molecule has 2 aliphatic heterocycles. The summed E-state index contributed by atoms with van der Waals surface area (Å²) in [7, 11) is 3.99. The summed E-state index contributed by atoms with van der Waals surface area (Å²) < 4.78 is 11.1. The number of amides is 3. The van der Waals surface area contributed by atoms with Crippen molar-refractivity contribution in [3.63, 3.8) is 0 Å². The fourth-order valence-corrected chi connectivity index (χ4v) is 3.02. The van der Waals surface area contributed by atoms with Gasteiger partial charge >= 0.3 is 6.03 Å². The fraction of sp³-hybridized carbons (Fsp3) is 0.556. The summed E-state index contributed by atoms with van der Waals surface area (Å²) >= 11 is 0. The van der Waals surface area contributed by atoms with Gasteiger partial charge < -0.3 is 24.6 Å². The molecule has 1 N–H and O–H groups in total. The quantitative estimate of drug-likeness (QED) is 0.725. The van der Waals surface area contributed by atoms with Gasteiger partial charge in [-0.3, -0.25) is 9.69 Å². The lowest BCUT2D eigenvalue weighted by Gasteiger charge is -2.22. The summed E-state index contributed by atoms with van der Waals surface area (Å²) in [6.45, 7) is 3.73. The fourth-order valence-electron chi connectivity index (χ4n) is 3.02. The Balaban J connectivity index is 1.52. The maximum atomic E-state index is 12.6. The average Bonchev–Trinajstić information content (AvgIpc) is 2.98. The van der Waals surface area contributed by atoms with Crippen LogP contribution in [0, 0.1) is 0 Å². The van der Waals surface area contributed by atoms with E-state index >= 15 is 0 Å². The molecule has 1 saturated heterocycles. The highest BCUT2D eigenvalue weighted by molar-refractivity contribution is 5.96. The molecule has 0 aromatic heterocycles. The van der Waals surface area contributed by atoms with Crippen LogP contribution in [-0.4, -0.2) is 81.8 Å². The van der Waals surface area contributed by atoms with E-state index in [1.54, 1.807) is 9.80 Å². The van der Waals surface area contributed by atoms with Gasteiger partial charge in [-0.2, -0.15) is 0 Å². The molecule has 142 valence electrons. The molecule has 26 heavy (non-hydrogen) atoms. The van der Waals surface area contributed by atoms with E-state index < -0.39 is 0 Å². The van der Waals surface area contributed by atoms with Gasteiger partial charge in [-0.1, -0.05) is 0 Å². The van der Waals surface area contributed by atoms with E-state index in [4.69, 9.17) is 9.47 Å². The number of nitrogens with zero attached hydrogens (tertiary/aromatic N) is 3. The number of carbonyl (C=O) groups excluding carboxylic acids is 2. The van der Waals surface area contributed by atoms with Crippen LogP contribution in [0.3, 0.4) is 0 Å². The minimum Gasteiger partial charge on any atom is -0.486 e. The van der Waals surface area contributed by atoms with Crippen molar-refractivity contribution in [3.05, 3.63) is 18.2 Å². The lowest BCUT2D eigenvalue weighted by atomic mass is 10.2. The zero-order chi connectivity index (χ0) is 18.5. The minimum atomic E-state index is -0.162. The van der Waals surface area contributed by atoms with E-state index in [0.717, 1.165) is 18.7 Å². The smallest absolute Gasteiger partial charge is 0.325 e.